The SMILES string of the molecule is c1cc2occc2c(NCC2COCCO2)n1. The second kappa shape index (κ2) is 4.73. The Morgan fingerprint density at radius 1 is 1.35 bits per heavy atom. The van der Waals surface area contributed by atoms with Crippen molar-refractivity contribution >= 4 is 16.8 Å². The Labute approximate surface area is 98.7 Å². The van der Waals surface area contributed by atoms with Crippen LogP contribution >= 0.6 is 0 Å². The molecule has 2 aromatic heterocycles. The first-order valence-electron chi connectivity index (χ1n) is 5.69. The normalized spacial score (nSPS) is 20.6. The van der Waals surface area contributed by atoms with Crippen LogP contribution in [-0.4, -0.2) is 37.5 Å². The number of pyridine rings is 1. The average molecular weight is 234 g/mol. The number of hydrogen-bond donors (Lipinski definition) is 1. The molecule has 17 heavy (non-hydrogen) atoms. The molecule has 1 N–H and O–H groups in total. The van der Waals surface area contributed by atoms with E-state index < -0.39 is 0 Å². The highest BCUT2D eigenvalue weighted by Gasteiger charge is 2.14. The maximum absolute atomic E-state index is 5.55. The van der Waals surface area contributed by atoms with Crippen LogP contribution < -0.4 is 5.32 Å². The molecule has 1 saturated heterocycles. The molecule has 0 aliphatic carbocycles. The molecule has 0 spiro atoms. The molecular weight excluding hydrogens is 220 g/mol. The number of ether oxygens (including phenoxy) is 2. The number of aromatic nitrogens is 1. The summed E-state index contributed by atoms with van der Waals surface area (Å²) in [6.45, 7) is 2.67. The molecule has 1 aliphatic rings. The fourth-order valence-electron chi connectivity index (χ4n) is 1.90. The molecule has 0 radical (unpaired) electrons. The molecule has 3 heterocycles. The van der Waals surface area contributed by atoms with Gasteiger partial charge in [0.1, 0.15) is 11.4 Å². The minimum atomic E-state index is 0.0905. The molecule has 1 aliphatic heterocycles. The minimum absolute atomic E-state index is 0.0905. The van der Waals surface area contributed by atoms with Gasteiger partial charge in [0.25, 0.3) is 0 Å². The van der Waals surface area contributed by atoms with E-state index in [0.29, 0.717) is 26.4 Å². The van der Waals surface area contributed by atoms with Gasteiger partial charge in [-0.25, -0.2) is 4.98 Å². The van der Waals surface area contributed by atoms with Crippen molar-refractivity contribution in [2.75, 3.05) is 31.7 Å². The number of rotatable bonds is 3. The van der Waals surface area contributed by atoms with Gasteiger partial charge in [0.2, 0.25) is 0 Å². The van der Waals surface area contributed by atoms with Crippen LogP contribution in [0.1, 0.15) is 0 Å². The van der Waals surface area contributed by atoms with E-state index in [0.717, 1.165) is 16.8 Å². The van der Waals surface area contributed by atoms with Crippen molar-refractivity contribution in [1.29, 1.82) is 0 Å². The highest BCUT2D eigenvalue weighted by Crippen LogP contribution is 2.21. The van der Waals surface area contributed by atoms with Gasteiger partial charge in [0, 0.05) is 12.7 Å². The monoisotopic (exact) mass is 234 g/mol. The van der Waals surface area contributed by atoms with Crippen LogP contribution in [0.25, 0.3) is 11.0 Å². The van der Waals surface area contributed by atoms with Crippen LogP contribution in [0, 0.1) is 0 Å². The molecule has 90 valence electrons. The van der Waals surface area contributed by atoms with Crippen molar-refractivity contribution in [2.24, 2.45) is 0 Å². The highest BCUT2D eigenvalue weighted by molar-refractivity contribution is 5.87. The zero-order valence-corrected chi connectivity index (χ0v) is 9.39. The third kappa shape index (κ3) is 2.25. The van der Waals surface area contributed by atoms with Crippen molar-refractivity contribution in [3.8, 4) is 0 Å². The van der Waals surface area contributed by atoms with E-state index in [1.54, 1.807) is 12.5 Å². The van der Waals surface area contributed by atoms with Crippen molar-refractivity contribution in [3.05, 3.63) is 24.6 Å². The van der Waals surface area contributed by atoms with Gasteiger partial charge >= 0.3 is 0 Å². The van der Waals surface area contributed by atoms with Crippen molar-refractivity contribution < 1.29 is 13.9 Å². The number of hydrogen-bond acceptors (Lipinski definition) is 5. The molecule has 0 aromatic carbocycles. The fraction of sp³-hybridized carbons (Fsp3) is 0.417. The molecule has 5 nitrogen and oxygen atoms in total. The number of fused-ring (bicyclic) bond motifs is 1. The van der Waals surface area contributed by atoms with Crippen molar-refractivity contribution in [1.82, 2.24) is 4.98 Å². The quantitative estimate of drug-likeness (QED) is 0.875. The number of nitrogens with zero attached hydrogens (tertiary/aromatic N) is 1. The Morgan fingerprint density at radius 3 is 3.24 bits per heavy atom. The van der Waals surface area contributed by atoms with Gasteiger partial charge < -0.3 is 19.2 Å². The van der Waals surface area contributed by atoms with Gasteiger partial charge in [0.15, 0.2) is 0 Å². The van der Waals surface area contributed by atoms with E-state index in [1.165, 1.54) is 0 Å². The largest absolute Gasteiger partial charge is 0.464 e. The summed E-state index contributed by atoms with van der Waals surface area (Å²) in [6, 6.07) is 3.75. The van der Waals surface area contributed by atoms with E-state index in [2.05, 4.69) is 10.3 Å². The lowest BCUT2D eigenvalue weighted by Crippen LogP contribution is -2.34. The van der Waals surface area contributed by atoms with Crippen LogP contribution in [0.15, 0.2) is 29.0 Å². The molecule has 0 amide bonds. The second-order valence-electron chi connectivity index (χ2n) is 3.94. The summed E-state index contributed by atoms with van der Waals surface area (Å²) in [4.78, 5) is 4.30. The van der Waals surface area contributed by atoms with Crippen molar-refractivity contribution in [2.45, 2.75) is 6.10 Å². The summed E-state index contributed by atoms with van der Waals surface area (Å²) >= 11 is 0. The van der Waals surface area contributed by atoms with E-state index in [1.807, 2.05) is 12.1 Å². The lowest BCUT2D eigenvalue weighted by atomic mass is 10.3. The Kier molecular flexibility index (Phi) is 2.94. The molecule has 0 bridgehead atoms. The van der Waals surface area contributed by atoms with Crippen LogP contribution in [0.3, 0.4) is 0 Å². The molecular formula is C12H14N2O3. The van der Waals surface area contributed by atoms with Gasteiger partial charge in [-0.05, 0) is 12.1 Å². The highest BCUT2D eigenvalue weighted by atomic mass is 16.6. The smallest absolute Gasteiger partial charge is 0.139 e. The predicted molar refractivity (Wildman–Crippen MR) is 63.1 cm³/mol. The predicted octanol–water partition coefficient (Wildman–Crippen LogP) is 1.66. The number of anilines is 1. The minimum Gasteiger partial charge on any atom is -0.464 e. The Morgan fingerprint density at radius 2 is 2.35 bits per heavy atom. The Hall–Kier alpha value is -1.59. The van der Waals surface area contributed by atoms with Crippen LogP contribution in [0.5, 0.6) is 0 Å². The topological polar surface area (TPSA) is 56.5 Å². The van der Waals surface area contributed by atoms with Crippen LogP contribution in [-0.2, 0) is 9.47 Å². The second-order valence-corrected chi connectivity index (χ2v) is 3.94. The zero-order chi connectivity index (χ0) is 11.5. The lowest BCUT2D eigenvalue weighted by Gasteiger charge is -2.23. The third-order valence-corrected chi connectivity index (χ3v) is 2.76. The van der Waals surface area contributed by atoms with Gasteiger partial charge in [0.05, 0.1) is 37.6 Å². The summed E-state index contributed by atoms with van der Waals surface area (Å²) in [5.41, 5.74) is 0.836. The lowest BCUT2D eigenvalue weighted by molar-refractivity contribution is -0.0819. The summed E-state index contributed by atoms with van der Waals surface area (Å²) in [7, 11) is 0. The maximum Gasteiger partial charge on any atom is 0.139 e. The average Bonchev–Trinajstić information content (AvgIpc) is 2.86. The van der Waals surface area contributed by atoms with Gasteiger partial charge in [-0.15, -0.1) is 0 Å². The zero-order valence-electron chi connectivity index (χ0n) is 9.39. The first kappa shape index (κ1) is 10.6. The summed E-state index contributed by atoms with van der Waals surface area (Å²) in [5, 5.41) is 4.26. The third-order valence-electron chi connectivity index (χ3n) is 2.76. The molecule has 2 aromatic rings. The van der Waals surface area contributed by atoms with Gasteiger partial charge in [-0.2, -0.15) is 0 Å². The molecule has 5 heteroatoms. The molecule has 0 saturated carbocycles. The fourth-order valence-corrected chi connectivity index (χ4v) is 1.90. The number of furan rings is 1. The Balaban J connectivity index is 1.69. The number of nitrogens with one attached hydrogen (secondary N) is 1. The molecule has 1 atom stereocenters. The van der Waals surface area contributed by atoms with Crippen molar-refractivity contribution in [3.63, 3.8) is 0 Å². The summed E-state index contributed by atoms with van der Waals surface area (Å²) < 4.78 is 16.2. The standard InChI is InChI=1S/C12H14N2O3/c1-3-13-12(10-2-4-17-11(1)10)14-7-9-8-15-5-6-16-9/h1-4,9H,5-8H2,(H,13,14). The van der Waals surface area contributed by atoms with E-state index in [-0.39, 0.29) is 6.10 Å². The summed E-state index contributed by atoms with van der Waals surface area (Å²) in [6.07, 6.45) is 3.48. The Bertz CT molecular complexity index is 491. The van der Waals surface area contributed by atoms with Crippen LogP contribution in [0.2, 0.25) is 0 Å². The van der Waals surface area contributed by atoms with Gasteiger partial charge in [-0.3, -0.25) is 0 Å². The first-order chi connectivity index (χ1) is 8.43. The summed E-state index contributed by atoms with van der Waals surface area (Å²) in [5.74, 6) is 0.824. The molecule has 1 fully saturated rings. The van der Waals surface area contributed by atoms with E-state index in [4.69, 9.17) is 13.9 Å². The molecule has 3 rings (SSSR count). The maximum atomic E-state index is 5.55. The van der Waals surface area contributed by atoms with E-state index >= 15 is 0 Å². The van der Waals surface area contributed by atoms with Crippen LogP contribution in [0.4, 0.5) is 5.82 Å². The first-order valence-corrected chi connectivity index (χ1v) is 5.69. The van der Waals surface area contributed by atoms with E-state index in [9.17, 15) is 0 Å². The van der Waals surface area contributed by atoms with Gasteiger partial charge in [-0.1, -0.05) is 0 Å². The molecule has 1 unspecified atom stereocenters.